The van der Waals surface area contributed by atoms with Crippen LogP contribution in [0.15, 0.2) is 12.7 Å². The fraction of sp³-hybridized carbons (Fsp3) is 0.727. The predicted octanol–water partition coefficient (Wildman–Crippen LogP) is -0.593. The minimum atomic E-state index is -0.192. The molecule has 98 valence electrons. The van der Waals surface area contributed by atoms with E-state index in [2.05, 4.69) is 27.6 Å². The van der Waals surface area contributed by atoms with Gasteiger partial charge in [-0.2, -0.15) is 0 Å². The van der Waals surface area contributed by atoms with Crippen molar-refractivity contribution in [3.63, 3.8) is 0 Å². The first-order valence-corrected chi connectivity index (χ1v) is 5.88. The van der Waals surface area contributed by atoms with Crippen LogP contribution in [0.3, 0.4) is 0 Å². The van der Waals surface area contributed by atoms with Gasteiger partial charge in [-0.05, 0) is 6.92 Å². The summed E-state index contributed by atoms with van der Waals surface area (Å²) < 4.78 is 0. The Morgan fingerprint density at radius 1 is 1.76 bits per heavy atom. The van der Waals surface area contributed by atoms with Crippen molar-refractivity contribution in [3.8, 4) is 0 Å². The SMILES string of the molecule is C=CCNC1CNCCN1C(C)ONC(C)=O. The molecule has 1 aliphatic rings. The highest BCUT2D eigenvalue weighted by atomic mass is 16.7. The van der Waals surface area contributed by atoms with Crippen molar-refractivity contribution < 1.29 is 9.63 Å². The summed E-state index contributed by atoms with van der Waals surface area (Å²) in [4.78, 5) is 18.2. The Morgan fingerprint density at radius 2 is 2.53 bits per heavy atom. The lowest BCUT2D eigenvalue weighted by Crippen LogP contribution is -2.61. The average molecular weight is 242 g/mol. The number of amides is 1. The zero-order valence-electron chi connectivity index (χ0n) is 10.5. The number of hydrogen-bond acceptors (Lipinski definition) is 5. The molecule has 6 nitrogen and oxygen atoms in total. The Labute approximate surface area is 102 Å². The topological polar surface area (TPSA) is 65.6 Å². The van der Waals surface area contributed by atoms with Crippen molar-refractivity contribution >= 4 is 5.91 Å². The molecule has 0 spiro atoms. The van der Waals surface area contributed by atoms with Gasteiger partial charge in [0.1, 0.15) is 6.23 Å². The molecule has 0 aromatic heterocycles. The van der Waals surface area contributed by atoms with Crippen LogP contribution in [0.5, 0.6) is 0 Å². The minimum absolute atomic E-state index is 0.164. The molecular formula is C11H22N4O2. The Hall–Kier alpha value is -0.950. The summed E-state index contributed by atoms with van der Waals surface area (Å²) in [7, 11) is 0. The van der Waals surface area contributed by atoms with Gasteiger partial charge in [0.15, 0.2) is 0 Å². The van der Waals surface area contributed by atoms with Crippen LogP contribution in [0.2, 0.25) is 0 Å². The summed E-state index contributed by atoms with van der Waals surface area (Å²) >= 11 is 0. The fourth-order valence-corrected chi connectivity index (χ4v) is 1.80. The van der Waals surface area contributed by atoms with Crippen molar-refractivity contribution in [1.29, 1.82) is 0 Å². The quantitative estimate of drug-likeness (QED) is 0.429. The lowest BCUT2D eigenvalue weighted by molar-refractivity contribution is -0.154. The third-order valence-corrected chi connectivity index (χ3v) is 2.62. The van der Waals surface area contributed by atoms with Crippen LogP contribution in [0.1, 0.15) is 13.8 Å². The van der Waals surface area contributed by atoms with E-state index in [1.54, 1.807) is 0 Å². The molecule has 6 heteroatoms. The molecule has 1 saturated heterocycles. The molecule has 0 aliphatic carbocycles. The van der Waals surface area contributed by atoms with Crippen LogP contribution in [0, 0.1) is 0 Å². The molecule has 1 heterocycles. The molecule has 0 aromatic carbocycles. The van der Waals surface area contributed by atoms with E-state index < -0.39 is 0 Å². The van der Waals surface area contributed by atoms with Crippen molar-refractivity contribution in [2.24, 2.45) is 0 Å². The standard InChI is InChI=1S/C11H22N4O2/c1-4-5-13-11-8-12-6-7-15(11)10(3)17-14-9(2)16/h4,10-13H,1,5-8H2,2-3H3,(H,14,16). The first kappa shape index (κ1) is 14.1. The molecule has 0 bridgehead atoms. The van der Waals surface area contributed by atoms with Crippen LogP contribution in [0.4, 0.5) is 0 Å². The van der Waals surface area contributed by atoms with Gasteiger partial charge in [-0.25, -0.2) is 5.48 Å². The number of hydrogen-bond donors (Lipinski definition) is 3. The first-order chi connectivity index (χ1) is 8.15. The van der Waals surface area contributed by atoms with Crippen LogP contribution in [0.25, 0.3) is 0 Å². The van der Waals surface area contributed by atoms with Gasteiger partial charge < -0.3 is 5.32 Å². The lowest BCUT2D eigenvalue weighted by atomic mass is 10.3. The second-order valence-electron chi connectivity index (χ2n) is 4.03. The van der Waals surface area contributed by atoms with Crippen LogP contribution >= 0.6 is 0 Å². The summed E-state index contributed by atoms with van der Waals surface area (Å²) in [5, 5.41) is 6.65. The maximum Gasteiger partial charge on any atom is 0.240 e. The zero-order chi connectivity index (χ0) is 12.7. The van der Waals surface area contributed by atoms with Gasteiger partial charge in [0.05, 0.1) is 6.17 Å². The average Bonchev–Trinajstić information content (AvgIpc) is 2.33. The third kappa shape index (κ3) is 4.82. The highest BCUT2D eigenvalue weighted by molar-refractivity contribution is 5.71. The number of piperazine rings is 1. The molecule has 0 radical (unpaired) electrons. The molecule has 3 N–H and O–H groups in total. The lowest BCUT2D eigenvalue weighted by Gasteiger charge is -2.39. The summed E-state index contributed by atoms with van der Waals surface area (Å²) in [5.74, 6) is -0.192. The molecule has 1 amide bonds. The molecule has 2 atom stereocenters. The number of carbonyl (C=O) groups excluding carboxylic acids is 1. The number of rotatable bonds is 6. The molecule has 1 aliphatic heterocycles. The monoisotopic (exact) mass is 242 g/mol. The highest BCUT2D eigenvalue weighted by Gasteiger charge is 2.26. The third-order valence-electron chi connectivity index (χ3n) is 2.62. The molecule has 1 fully saturated rings. The van der Waals surface area contributed by atoms with Crippen molar-refractivity contribution in [2.45, 2.75) is 26.2 Å². The summed E-state index contributed by atoms with van der Waals surface area (Å²) in [6.45, 7) is 10.4. The largest absolute Gasteiger partial charge is 0.313 e. The second kappa shape index (κ2) is 7.39. The van der Waals surface area contributed by atoms with E-state index in [4.69, 9.17) is 4.84 Å². The van der Waals surface area contributed by atoms with Gasteiger partial charge in [0.2, 0.25) is 5.91 Å². The van der Waals surface area contributed by atoms with Gasteiger partial charge >= 0.3 is 0 Å². The van der Waals surface area contributed by atoms with Crippen LogP contribution < -0.4 is 16.1 Å². The fourth-order valence-electron chi connectivity index (χ4n) is 1.80. The van der Waals surface area contributed by atoms with Gasteiger partial charge in [-0.15, -0.1) is 6.58 Å². The zero-order valence-corrected chi connectivity index (χ0v) is 10.5. The van der Waals surface area contributed by atoms with Crippen LogP contribution in [-0.4, -0.2) is 49.4 Å². The maximum absolute atomic E-state index is 10.8. The van der Waals surface area contributed by atoms with E-state index in [-0.39, 0.29) is 18.3 Å². The van der Waals surface area contributed by atoms with Crippen molar-refractivity contribution in [1.82, 2.24) is 21.0 Å². The number of nitrogens with zero attached hydrogens (tertiary/aromatic N) is 1. The van der Waals surface area contributed by atoms with E-state index in [9.17, 15) is 4.79 Å². The van der Waals surface area contributed by atoms with Gasteiger partial charge in [-0.1, -0.05) is 6.08 Å². The van der Waals surface area contributed by atoms with Crippen LogP contribution in [-0.2, 0) is 9.63 Å². The Kier molecular flexibility index (Phi) is 6.13. The van der Waals surface area contributed by atoms with E-state index in [1.165, 1.54) is 6.92 Å². The second-order valence-corrected chi connectivity index (χ2v) is 4.03. The molecule has 2 unspecified atom stereocenters. The smallest absolute Gasteiger partial charge is 0.240 e. The predicted molar refractivity (Wildman–Crippen MR) is 65.9 cm³/mol. The molecule has 0 aromatic rings. The summed E-state index contributed by atoms with van der Waals surface area (Å²) in [5.41, 5.74) is 2.37. The van der Waals surface area contributed by atoms with Gasteiger partial charge in [0.25, 0.3) is 0 Å². The molecule has 0 saturated carbocycles. The summed E-state index contributed by atoms with van der Waals surface area (Å²) in [6.07, 6.45) is 1.85. The first-order valence-electron chi connectivity index (χ1n) is 5.88. The molecular weight excluding hydrogens is 220 g/mol. The molecule has 1 rings (SSSR count). The van der Waals surface area contributed by atoms with E-state index in [0.29, 0.717) is 0 Å². The number of hydroxylamine groups is 1. The maximum atomic E-state index is 10.8. The van der Waals surface area contributed by atoms with Crippen molar-refractivity contribution in [2.75, 3.05) is 26.2 Å². The van der Waals surface area contributed by atoms with E-state index in [1.807, 2.05) is 13.0 Å². The minimum Gasteiger partial charge on any atom is -0.313 e. The van der Waals surface area contributed by atoms with E-state index >= 15 is 0 Å². The van der Waals surface area contributed by atoms with Gasteiger partial charge in [-0.3, -0.25) is 19.8 Å². The van der Waals surface area contributed by atoms with E-state index in [0.717, 1.165) is 26.2 Å². The van der Waals surface area contributed by atoms with Gasteiger partial charge in [0, 0.05) is 33.1 Å². The number of carbonyl (C=O) groups is 1. The van der Waals surface area contributed by atoms with Crippen molar-refractivity contribution in [3.05, 3.63) is 12.7 Å². The Morgan fingerprint density at radius 3 is 3.18 bits per heavy atom. The Balaban J connectivity index is 2.44. The normalized spacial score (nSPS) is 23.1. The molecule has 17 heavy (non-hydrogen) atoms. The number of nitrogens with one attached hydrogen (secondary N) is 3. The highest BCUT2D eigenvalue weighted by Crippen LogP contribution is 2.06. The summed E-state index contributed by atoms with van der Waals surface area (Å²) in [6, 6.07) is 0. The Bertz CT molecular complexity index is 260.